The minimum Gasteiger partial charge on any atom is -0.313 e. The molecule has 0 heterocycles. The van der Waals surface area contributed by atoms with Crippen molar-refractivity contribution in [2.75, 3.05) is 6.54 Å². The molecular weight excluding hydrogens is 218 g/mol. The molecule has 18 heavy (non-hydrogen) atoms. The lowest BCUT2D eigenvalue weighted by molar-refractivity contribution is 0.121. The van der Waals surface area contributed by atoms with Crippen LogP contribution < -0.4 is 5.32 Å². The smallest absolute Gasteiger partial charge is 0.0129 e. The fourth-order valence-electron chi connectivity index (χ4n) is 4.52. The molecule has 3 atom stereocenters. The maximum absolute atomic E-state index is 3.89. The fraction of sp³-hybridized carbons (Fsp3) is 1.00. The highest BCUT2D eigenvalue weighted by molar-refractivity contribution is 5.12. The molecule has 2 bridgehead atoms. The normalized spacial score (nSPS) is 37.3. The molecule has 0 aromatic carbocycles. The van der Waals surface area contributed by atoms with E-state index in [0.717, 1.165) is 12.0 Å². The van der Waals surface area contributed by atoms with Crippen molar-refractivity contribution < 1.29 is 0 Å². The van der Waals surface area contributed by atoms with Gasteiger partial charge in [0.15, 0.2) is 0 Å². The number of fused-ring (bicyclic) bond motifs is 2. The van der Waals surface area contributed by atoms with Gasteiger partial charge in [-0.1, -0.05) is 53.4 Å². The maximum Gasteiger partial charge on any atom is 0.0129 e. The molecule has 1 heteroatoms. The first-order chi connectivity index (χ1) is 8.52. The Bertz CT molecular complexity index is 271. The standard InChI is InChI=1S/C17H33N/c1-5-6-7-8-9-12-18-15-13-14-10-11-17(15,4)16(14,2)3/h14-15,18H,5-13H2,1-4H3. The van der Waals surface area contributed by atoms with Crippen molar-refractivity contribution >= 4 is 0 Å². The first-order valence-corrected chi connectivity index (χ1v) is 8.25. The second-order valence-electron chi connectivity index (χ2n) is 7.53. The molecule has 0 aliphatic heterocycles. The SMILES string of the molecule is CCCCCCCNC1CC2CCC1(C)C2(C)C. The van der Waals surface area contributed by atoms with Crippen LogP contribution in [0, 0.1) is 16.7 Å². The van der Waals surface area contributed by atoms with Gasteiger partial charge in [0.05, 0.1) is 0 Å². The van der Waals surface area contributed by atoms with Crippen LogP contribution in [0.3, 0.4) is 0 Å². The molecule has 0 saturated heterocycles. The number of rotatable bonds is 7. The second-order valence-corrected chi connectivity index (χ2v) is 7.53. The quantitative estimate of drug-likeness (QED) is 0.643. The molecule has 2 saturated carbocycles. The Kier molecular flexibility index (Phi) is 4.41. The zero-order valence-corrected chi connectivity index (χ0v) is 13.0. The van der Waals surface area contributed by atoms with Crippen molar-refractivity contribution in [1.82, 2.24) is 5.32 Å². The van der Waals surface area contributed by atoms with E-state index in [4.69, 9.17) is 0 Å². The Labute approximate surface area is 114 Å². The number of hydrogen-bond acceptors (Lipinski definition) is 1. The topological polar surface area (TPSA) is 12.0 Å². The Balaban J connectivity index is 1.72. The summed E-state index contributed by atoms with van der Waals surface area (Å²) in [4.78, 5) is 0. The van der Waals surface area contributed by atoms with Crippen LogP contribution in [0.2, 0.25) is 0 Å². The van der Waals surface area contributed by atoms with E-state index < -0.39 is 0 Å². The van der Waals surface area contributed by atoms with Gasteiger partial charge >= 0.3 is 0 Å². The number of hydrogen-bond donors (Lipinski definition) is 1. The monoisotopic (exact) mass is 251 g/mol. The van der Waals surface area contributed by atoms with Crippen LogP contribution in [0.25, 0.3) is 0 Å². The zero-order chi connectivity index (χ0) is 13.2. The Morgan fingerprint density at radius 2 is 1.78 bits per heavy atom. The van der Waals surface area contributed by atoms with Gasteiger partial charge in [0.2, 0.25) is 0 Å². The third-order valence-electron chi connectivity index (χ3n) is 6.47. The van der Waals surface area contributed by atoms with Gasteiger partial charge in [-0.05, 0) is 49.0 Å². The largest absolute Gasteiger partial charge is 0.313 e. The summed E-state index contributed by atoms with van der Waals surface area (Å²) in [7, 11) is 0. The molecule has 0 radical (unpaired) electrons. The first-order valence-electron chi connectivity index (χ1n) is 8.25. The van der Waals surface area contributed by atoms with Crippen LogP contribution in [0.15, 0.2) is 0 Å². The summed E-state index contributed by atoms with van der Waals surface area (Å²) < 4.78 is 0. The molecule has 0 aromatic rings. The van der Waals surface area contributed by atoms with Gasteiger partial charge in [0, 0.05) is 6.04 Å². The van der Waals surface area contributed by atoms with E-state index in [1.54, 1.807) is 0 Å². The lowest BCUT2D eigenvalue weighted by atomic mass is 9.69. The van der Waals surface area contributed by atoms with E-state index in [9.17, 15) is 0 Å². The summed E-state index contributed by atoms with van der Waals surface area (Å²) >= 11 is 0. The van der Waals surface area contributed by atoms with Crippen LogP contribution >= 0.6 is 0 Å². The highest BCUT2D eigenvalue weighted by atomic mass is 15.0. The van der Waals surface area contributed by atoms with Crippen LogP contribution in [-0.4, -0.2) is 12.6 Å². The minimum absolute atomic E-state index is 0.557. The van der Waals surface area contributed by atoms with Crippen molar-refractivity contribution in [3.8, 4) is 0 Å². The molecule has 2 fully saturated rings. The summed E-state index contributed by atoms with van der Waals surface area (Å²) in [6, 6.07) is 0.789. The lowest BCUT2D eigenvalue weighted by Crippen LogP contribution is -2.44. The van der Waals surface area contributed by atoms with Gasteiger partial charge < -0.3 is 5.32 Å². The predicted octanol–water partition coefficient (Wildman–Crippen LogP) is 4.76. The predicted molar refractivity (Wildman–Crippen MR) is 79.8 cm³/mol. The molecule has 1 N–H and O–H groups in total. The highest BCUT2D eigenvalue weighted by Gasteiger charge is 2.60. The molecule has 1 nitrogen and oxygen atoms in total. The summed E-state index contributed by atoms with van der Waals surface area (Å²) in [6.07, 6.45) is 11.3. The number of unbranched alkanes of at least 4 members (excludes halogenated alkanes) is 4. The Morgan fingerprint density at radius 3 is 2.33 bits per heavy atom. The summed E-state index contributed by atoms with van der Waals surface area (Å²) in [5.41, 5.74) is 1.12. The van der Waals surface area contributed by atoms with Crippen LogP contribution in [-0.2, 0) is 0 Å². The molecule has 0 spiro atoms. The molecule has 2 aliphatic rings. The van der Waals surface area contributed by atoms with Gasteiger partial charge in [-0.3, -0.25) is 0 Å². The highest BCUT2D eigenvalue weighted by Crippen LogP contribution is 2.65. The summed E-state index contributed by atoms with van der Waals surface area (Å²) in [6.45, 7) is 11.1. The second kappa shape index (κ2) is 5.53. The van der Waals surface area contributed by atoms with Gasteiger partial charge in [0.25, 0.3) is 0 Å². The number of nitrogens with one attached hydrogen (secondary N) is 1. The first kappa shape index (κ1) is 14.4. The molecule has 2 aliphatic carbocycles. The van der Waals surface area contributed by atoms with Crippen LogP contribution in [0.5, 0.6) is 0 Å². The zero-order valence-electron chi connectivity index (χ0n) is 13.0. The third-order valence-corrected chi connectivity index (χ3v) is 6.47. The summed E-state index contributed by atoms with van der Waals surface area (Å²) in [5, 5.41) is 3.89. The van der Waals surface area contributed by atoms with Crippen molar-refractivity contribution in [2.24, 2.45) is 16.7 Å². The molecule has 0 aromatic heterocycles. The van der Waals surface area contributed by atoms with E-state index in [-0.39, 0.29) is 0 Å². The van der Waals surface area contributed by atoms with Crippen LogP contribution in [0.4, 0.5) is 0 Å². The van der Waals surface area contributed by atoms with Gasteiger partial charge in [0.1, 0.15) is 0 Å². The van der Waals surface area contributed by atoms with E-state index >= 15 is 0 Å². The van der Waals surface area contributed by atoms with E-state index in [2.05, 4.69) is 33.0 Å². The van der Waals surface area contributed by atoms with Crippen molar-refractivity contribution in [3.05, 3.63) is 0 Å². The fourth-order valence-corrected chi connectivity index (χ4v) is 4.52. The Morgan fingerprint density at radius 1 is 1.06 bits per heavy atom. The van der Waals surface area contributed by atoms with Gasteiger partial charge in [-0.15, -0.1) is 0 Å². The van der Waals surface area contributed by atoms with E-state index in [0.29, 0.717) is 10.8 Å². The minimum atomic E-state index is 0.557. The Hall–Kier alpha value is -0.0400. The van der Waals surface area contributed by atoms with Gasteiger partial charge in [-0.2, -0.15) is 0 Å². The summed E-state index contributed by atoms with van der Waals surface area (Å²) in [5.74, 6) is 0.972. The lowest BCUT2D eigenvalue weighted by Gasteiger charge is -2.39. The molecule has 106 valence electrons. The van der Waals surface area contributed by atoms with Crippen LogP contribution in [0.1, 0.15) is 79.1 Å². The molecule has 3 unspecified atom stereocenters. The molecule has 0 amide bonds. The molecular formula is C17H33N. The average Bonchev–Trinajstić information content (AvgIpc) is 2.66. The van der Waals surface area contributed by atoms with Crippen molar-refractivity contribution in [1.29, 1.82) is 0 Å². The maximum atomic E-state index is 3.89. The van der Waals surface area contributed by atoms with Crippen molar-refractivity contribution in [3.63, 3.8) is 0 Å². The van der Waals surface area contributed by atoms with Gasteiger partial charge in [-0.25, -0.2) is 0 Å². The molecule has 2 rings (SSSR count). The van der Waals surface area contributed by atoms with Crippen molar-refractivity contribution in [2.45, 2.75) is 85.1 Å². The average molecular weight is 251 g/mol. The third kappa shape index (κ3) is 2.35. The van der Waals surface area contributed by atoms with E-state index in [1.807, 2.05) is 0 Å². The van der Waals surface area contributed by atoms with E-state index in [1.165, 1.54) is 57.9 Å².